The Morgan fingerprint density at radius 3 is 2.00 bits per heavy atom. The Bertz CT molecular complexity index is 1150. The van der Waals surface area contributed by atoms with E-state index in [1.165, 1.54) is 24.3 Å². The van der Waals surface area contributed by atoms with Crippen molar-refractivity contribution in [1.29, 1.82) is 0 Å². The van der Waals surface area contributed by atoms with E-state index >= 15 is 0 Å². The minimum atomic E-state index is -4.11. The van der Waals surface area contributed by atoms with Crippen LogP contribution < -0.4 is 5.73 Å². The lowest BCUT2D eigenvalue weighted by Crippen LogP contribution is -2.39. The summed E-state index contributed by atoms with van der Waals surface area (Å²) >= 11 is 0. The van der Waals surface area contributed by atoms with Crippen LogP contribution >= 0.6 is 0 Å². The highest BCUT2D eigenvalue weighted by atomic mass is 32.2. The van der Waals surface area contributed by atoms with Gasteiger partial charge in [0.25, 0.3) is 10.1 Å². The topological polar surface area (TPSA) is 133 Å². The van der Waals surface area contributed by atoms with E-state index in [9.17, 15) is 21.6 Å². The van der Waals surface area contributed by atoms with Gasteiger partial charge in [-0.2, -0.15) is 12.7 Å². The molecule has 1 aliphatic heterocycles. The molecule has 1 amide bonds. The van der Waals surface area contributed by atoms with Crippen molar-refractivity contribution in [2.45, 2.75) is 42.2 Å². The average molecular weight is 469 g/mol. The van der Waals surface area contributed by atoms with Crippen LogP contribution in [0.4, 0.5) is 4.79 Å². The maximum absolute atomic E-state index is 13.2. The van der Waals surface area contributed by atoms with Gasteiger partial charge in [-0.05, 0) is 44.5 Å². The molecule has 0 spiro atoms. The minimum Gasteiger partial charge on any atom is -0.448 e. The number of ether oxygens (including phenoxy) is 1. The number of nitrogens with zero attached hydrogens (tertiary/aromatic N) is 1. The Morgan fingerprint density at radius 2 is 1.48 bits per heavy atom. The first-order valence-corrected chi connectivity index (χ1v) is 12.3. The molecular formula is C20H24N2O7S2. The van der Waals surface area contributed by atoms with Gasteiger partial charge < -0.3 is 10.5 Å². The van der Waals surface area contributed by atoms with Crippen LogP contribution in [0.3, 0.4) is 0 Å². The number of amides is 1. The number of carbonyl (C=O) groups is 1. The number of sulfonamides is 1. The SMILES string of the molecule is Cc1ccc(S(=O)(=O)O[C@@H]2C[C@@H](COC(N)=O)N(S(=O)(=O)c3ccc(C)cc3)C2)cc1. The zero-order chi connectivity index (χ0) is 22.8. The molecular weight excluding hydrogens is 444 g/mol. The molecule has 2 N–H and O–H groups in total. The van der Waals surface area contributed by atoms with Gasteiger partial charge in [-0.3, -0.25) is 4.18 Å². The van der Waals surface area contributed by atoms with Crippen molar-refractivity contribution in [1.82, 2.24) is 4.31 Å². The molecule has 1 fully saturated rings. The highest BCUT2D eigenvalue weighted by molar-refractivity contribution is 7.89. The molecule has 1 heterocycles. The number of hydrogen-bond acceptors (Lipinski definition) is 7. The summed E-state index contributed by atoms with van der Waals surface area (Å²) in [6, 6.07) is 11.6. The van der Waals surface area contributed by atoms with Crippen LogP contribution in [0.1, 0.15) is 17.5 Å². The third-order valence-electron chi connectivity index (χ3n) is 4.94. The summed E-state index contributed by atoms with van der Waals surface area (Å²) in [4.78, 5) is 11.1. The maximum atomic E-state index is 13.2. The number of benzene rings is 2. The number of primary amides is 1. The van der Waals surface area contributed by atoms with Crippen LogP contribution in [0.2, 0.25) is 0 Å². The van der Waals surface area contributed by atoms with Crippen molar-refractivity contribution in [2.75, 3.05) is 13.2 Å². The quantitative estimate of drug-likeness (QED) is 0.614. The largest absolute Gasteiger partial charge is 0.448 e. The maximum Gasteiger partial charge on any atom is 0.404 e. The van der Waals surface area contributed by atoms with Crippen LogP contribution in [0.15, 0.2) is 58.3 Å². The molecule has 0 bridgehead atoms. The van der Waals surface area contributed by atoms with Gasteiger partial charge in [-0.1, -0.05) is 35.4 Å². The van der Waals surface area contributed by atoms with E-state index in [-0.39, 0.29) is 29.4 Å². The van der Waals surface area contributed by atoms with Crippen molar-refractivity contribution in [2.24, 2.45) is 5.73 Å². The van der Waals surface area contributed by atoms with Crippen molar-refractivity contribution in [3.8, 4) is 0 Å². The minimum absolute atomic E-state index is 0.0173. The second-order valence-corrected chi connectivity index (χ2v) is 10.9. The van der Waals surface area contributed by atoms with E-state index in [2.05, 4.69) is 0 Å². The molecule has 0 aromatic heterocycles. The third-order valence-corrected chi connectivity index (χ3v) is 8.25. The molecule has 2 aromatic rings. The Hall–Kier alpha value is -2.47. The first-order chi connectivity index (χ1) is 14.5. The number of carbonyl (C=O) groups excluding carboxylic acids is 1. The van der Waals surface area contributed by atoms with E-state index in [1.54, 1.807) is 24.3 Å². The van der Waals surface area contributed by atoms with Gasteiger partial charge in [-0.25, -0.2) is 13.2 Å². The molecule has 0 aliphatic carbocycles. The summed E-state index contributed by atoms with van der Waals surface area (Å²) in [5.41, 5.74) is 6.80. The highest BCUT2D eigenvalue weighted by Crippen LogP contribution is 2.30. The molecule has 9 nitrogen and oxygen atoms in total. The fourth-order valence-corrected chi connectivity index (χ4v) is 6.06. The Morgan fingerprint density at radius 1 is 0.968 bits per heavy atom. The monoisotopic (exact) mass is 468 g/mol. The smallest absolute Gasteiger partial charge is 0.404 e. The molecule has 0 saturated carbocycles. The number of rotatable bonds is 7. The summed E-state index contributed by atoms with van der Waals surface area (Å²) in [6.45, 7) is 3.12. The standard InChI is InChI=1S/C20H24N2O7S2/c1-14-3-7-18(8-4-14)30(24,25)22-12-17(11-16(22)13-28-20(21)23)29-31(26,27)19-9-5-15(2)6-10-19/h3-10,16-17H,11-13H2,1-2H3,(H2,21,23)/t16-,17+/m0/s1. The molecule has 2 atom stereocenters. The molecule has 0 unspecified atom stereocenters. The summed E-state index contributed by atoms with van der Waals surface area (Å²) in [5, 5.41) is 0. The summed E-state index contributed by atoms with van der Waals surface area (Å²) in [5.74, 6) is 0. The lowest BCUT2D eigenvalue weighted by Gasteiger charge is -2.23. The predicted molar refractivity (Wildman–Crippen MR) is 112 cm³/mol. The summed E-state index contributed by atoms with van der Waals surface area (Å²) in [7, 11) is -8.09. The molecule has 1 aliphatic rings. The highest BCUT2D eigenvalue weighted by Gasteiger charge is 2.43. The summed E-state index contributed by atoms with van der Waals surface area (Å²) < 4.78 is 62.9. The molecule has 168 valence electrons. The van der Waals surface area contributed by atoms with Gasteiger partial charge in [-0.15, -0.1) is 0 Å². The second kappa shape index (κ2) is 8.95. The number of nitrogens with two attached hydrogens (primary N) is 1. The van der Waals surface area contributed by atoms with Gasteiger partial charge >= 0.3 is 6.09 Å². The Labute approximate surface area is 181 Å². The zero-order valence-corrected chi connectivity index (χ0v) is 18.7. The number of hydrogen-bond donors (Lipinski definition) is 1. The predicted octanol–water partition coefficient (Wildman–Crippen LogP) is 1.94. The number of aryl methyl sites for hydroxylation is 2. The van der Waals surface area contributed by atoms with Crippen molar-refractivity contribution in [3.05, 3.63) is 59.7 Å². The Balaban J connectivity index is 1.85. The lowest BCUT2D eigenvalue weighted by atomic mass is 10.2. The van der Waals surface area contributed by atoms with Gasteiger partial charge in [0, 0.05) is 6.54 Å². The van der Waals surface area contributed by atoms with E-state index in [0.29, 0.717) is 0 Å². The first kappa shape index (κ1) is 23.2. The van der Waals surface area contributed by atoms with Gasteiger partial charge in [0.2, 0.25) is 10.0 Å². The van der Waals surface area contributed by atoms with Crippen LogP contribution in [0.5, 0.6) is 0 Å². The van der Waals surface area contributed by atoms with Gasteiger partial charge in [0.15, 0.2) is 0 Å². The molecule has 3 rings (SSSR count). The van der Waals surface area contributed by atoms with E-state index in [0.717, 1.165) is 15.4 Å². The molecule has 31 heavy (non-hydrogen) atoms. The second-order valence-electron chi connectivity index (χ2n) is 7.39. The molecule has 1 saturated heterocycles. The molecule has 2 aromatic carbocycles. The van der Waals surface area contributed by atoms with Crippen LogP contribution in [-0.2, 0) is 29.1 Å². The van der Waals surface area contributed by atoms with E-state index in [4.69, 9.17) is 14.7 Å². The normalized spacial score (nSPS) is 19.9. The fourth-order valence-electron chi connectivity index (χ4n) is 3.32. The molecule has 11 heteroatoms. The average Bonchev–Trinajstić information content (AvgIpc) is 3.10. The first-order valence-electron chi connectivity index (χ1n) is 9.50. The van der Waals surface area contributed by atoms with Crippen LogP contribution in [0, 0.1) is 13.8 Å². The van der Waals surface area contributed by atoms with Gasteiger partial charge in [0.05, 0.1) is 21.9 Å². The van der Waals surface area contributed by atoms with E-state index in [1.807, 2.05) is 13.8 Å². The summed E-state index contributed by atoms with van der Waals surface area (Å²) in [6.07, 6.45) is -1.99. The van der Waals surface area contributed by atoms with Gasteiger partial charge in [0.1, 0.15) is 6.61 Å². The fraction of sp³-hybridized carbons (Fsp3) is 0.350. The van der Waals surface area contributed by atoms with Crippen LogP contribution in [0.25, 0.3) is 0 Å². The lowest BCUT2D eigenvalue weighted by molar-refractivity contribution is 0.133. The van der Waals surface area contributed by atoms with Crippen LogP contribution in [-0.4, -0.2) is 52.5 Å². The zero-order valence-electron chi connectivity index (χ0n) is 17.1. The third kappa shape index (κ3) is 5.42. The Kier molecular flexibility index (Phi) is 6.70. The van der Waals surface area contributed by atoms with Crippen molar-refractivity contribution in [3.63, 3.8) is 0 Å². The van der Waals surface area contributed by atoms with Crippen molar-refractivity contribution >= 4 is 26.2 Å². The molecule has 0 radical (unpaired) electrons. The van der Waals surface area contributed by atoms with E-state index < -0.39 is 38.4 Å². The van der Waals surface area contributed by atoms with Crippen molar-refractivity contribution < 1.29 is 30.6 Å².